The van der Waals surface area contributed by atoms with Crippen molar-refractivity contribution in [3.63, 3.8) is 0 Å². The van der Waals surface area contributed by atoms with Gasteiger partial charge in [-0.1, -0.05) is 124 Å². The van der Waals surface area contributed by atoms with E-state index in [1.807, 2.05) is 0 Å². The van der Waals surface area contributed by atoms with Crippen molar-refractivity contribution in [1.82, 2.24) is 0 Å². The molecule has 152 valence electrons. The molecule has 0 aromatic carbocycles. The molecule has 0 bridgehead atoms. The zero-order valence-corrected chi connectivity index (χ0v) is 19.2. The van der Waals surface area contributed by atoms with Crippen LogP contribution in [-0.2, 0) is 0 Å². The fourth-order valence-electron chi connectivity index (χ4n) is 3.68. The monoisotopic (exact) mass is 370 g/mol. The van der Waals surface area contributed by atoms with Crippen LogP contribution in [0.3, 0.4) is 0 Å². The molecule has 0 amide bonds. The van der Waals surface area contributed by atoms with Crippen molar-refractivity contribution in [3.05, 3.63) is 0 Å². The maximum Gasteiger partial charge on any atom is 0.0131 e. The van der Waals surface area contributed by atoms with Gasteiger partial charge in [0.15, 0.2) is 0 Å². The lowest BCUT2D eigenvalue weighted by Crippen LogP contribution is -2.21. The zero-order valence-electron chi connectivity index (χ0n) is 18.3. The van der Waals surface area contributed by atoms with Crippen molar-refractivity contribution in [2.45, 2.75) is 148 Å². The van der Waals surface area contributed by atoms with Gasteiger partial charge in [-0.25, -0.2) is 0 Å². The summed E-state index contributed by atoms with van der Waals surface area (Å²) in [6, 6.07) is 0. The predicted octanol–water partition coefficient (Wildman–Crippen LogP) is 9.56. The molecule has 0 aliphatic rings. The molecule has 0 heterocycles. The molecule has 0 N–H and O–H groups in total. The second-order valence-corrected chi connectivity index (χ2v) is 10.1. The van der Waals surface area contributed by atoms with Gasteiger partial charge in [0.25, 0.3) is 0 Å². The minimum absolute atomic E-state index is 0.557. The summed E-state index contributed by atoms with van der Waals surface area (Å²) in [5.74, 6) is 1.40. The molecule has 0 saturated heterocycles. The molecular formula is C24H50S. The van der Waals surface area contributed by atoms with E-state index in [9.17, 15) is 0 Å². The molecule has 1 heteroatoms. The van der Waals surface area contributed by atoms with Gasteiger partial charge in [-0.15, -0.1) is 0 Å². The topological polar surface area (TPSA) is 0 Å². The van der Waals surface area contributed by atoms with Crippen molar-refractivity contribution < 1.29 is 0 Å². The highest BCUT2D eigenvalue weighted by Crippen LogP contribution is 2.36. The third kappa shape index (κ3) is 17.5. The van der Waals surface area contributed by atoms with Crippen molar-refractivity contribution >= 4 is 11.8 Å². The molecule has 0 aliphatic carbocycles. The van der Waals surface area contributed by atoms with Crippen molar-refractivity contribution in [3.8, 4) is 0 Å². The molecule has 0 spiro atoms. The minimum atomic E-state index is 0.557. The van der Waals surface area contributed by atoms with E-state index in [1.165, 1.54) is 121 Å². The summed E-state index contributed by atoms with van der Waals surface area (Å²) in [6.45, 7) is 9.52. The summed E-state index contributed by atoms with van der Waals surface area (Å²) in [7, 11) is 0. The molecule has 0 fully saturated rings. The Labute approximate surface area is 165 Å². The van der Waals surface area contributed by atoms with Crippen LogP contribution in [0.25, 0.3) is 0 Å². The van der Waals surface area contributed by atoms with Crippen LogP contribution in [0.1, 0.15) is 143 Å². The molecule has 1 unspecified atom stereocenters. The number of thioether (sulfide) groups is 1. The van der Waals surface area contributed by atoms with Gasteiger partial charge in [0.1, 0.15) is 0 Å². The first kappa shape index (κ1) is 25.4. The molecule has 0 aromatic rings. The van der Waals surface area contributed by atoms with E-state index in [2.05, 4.69) is 39.5 Å². The SMILES string of the molecule is CCCCCCCCSC(C)(CCCCCC)CCCCCCCC. The highest BCUT2D eigenvalue weighted by Gasteiger charge is 2.23. The Morgan fingerprint density at radius 2 is 0.840 bits per heavy atom. The van der Waals surface area contributed by atoms with Gasteiger partial charge in [0.2, 0.25) is 0 Å². The fourth-order valence-corrected chi connectivity index (χ4v) is 5.09. The van der Waals surface area contributed by atoms with Crippen LogP contribution in [0.15, 0.2) is 0 Å². The average Bonchev–Trinajstić information content (AvgIpc) is 2.61. The molecule has 0 rings (SSSR count). The van der Waals surface area contributed by atoms with Crippen molar-refractivity contribution in [2.24, 2.45) is 0 Å². The lowest BCUT2D eigenvalue weighted by Gasteiger charge is -2.29. The van der Waals surface area contributed by atoms with Crippen LogP contribution in [-0.4, -0.2) is 10.5 Å². The third-order valence-electron chi connectivity index (χ3n) is 5.57. The van der Waals surface area contributed by atoms with Crippen LogP contribution < -0.4 is 0 Å². The summed E-state index contributed by atoms with van der Waals surface area (Å²) < 4.78 is 0.557. The Hall–Kier alpha value is 0.350. The normalized spacial score (nSPS) is 13.9. The van der Waals surface area contributed by atoms with Crippen LogP contribution in [0.4, 0.5) is 0 Å². The van der Waals surface area contributed by atoms with Crippen LogP contribution >= 0.6 is 11.8 Å². The molecule has 0 aliphatic heterocycles. The van der Waals surface area contributed by atoms with Crippen LogP contribution in [0.2, 0.25) is 0 Å². The molecule has 0 aromatic heterocycles. The Bertz CT molecular complexity index is 250. The first-order chi connectivity index (χ1) is 12.2. The van der Waals surface area contributed by atoms with Gasteiger partial charge in [-0.05, 0) is 25.0 Å². The second kappa shape index (κ2) is 19.1. The molecule has 25 heavy (non-hydrogen) atoms. The second-order valence-electron chi connectivity index (χ2n) is 8.39. The summed E-state index contributed by atoms with van der Waals surface area (Å²) >= 11 is 2.31. The average molecular weight is 371 g/mol. The van der Waals surface area contributed by atoms with Gasteiger partial charge in [-0.2, -0.15) is 11.8 Å². The van der Waals surface area contributed by atoms with E-state index >= 15 is 0 Å². The van der Waals surface area contributed by atoms with Gasteiger partial charge < -0.3 is 0 Å². The number of rotatable bonds is 20. The number of hydrogen-bond acceptors (Lipinski definition) is 1. The summed E-state index contributed by atoms with van der Waals surface area (Å²) in [5.41, 5.74) is 0. The van der Waals surface area contributed by atoms with Gasteiger partial charge in [0, 0.05) is 4.75 Å². The lowest BCUT2D eigenvalue weighted by atomic mass is 9.95. The number of hydrogen-bond donors (Lipinski definition) is 0. The highest BCUT2D eigenvalue weighted by molar-refractivity contribution is 8.00. The largest absolute Gasteiger partial charge is 0.155 e. The minimum Gasteiger partial charge on any atom is -0.155 e. The Balaban J connectivity index is 3.97. The van der Waals surface area contributed by atoms with Gasteiger partial charge >= 0.3 is 0 Å². The van der Waals surface area contributed by atoms with Gasteiger partial charge in [0.05, 0.1) is 0 Å². The Morgan fingerprint density at radius 3 is 1.32 bits per heavy atom. The summed E-state index contributed by atoms with van der Waals surface area (Å²) in [5, 5.41) is 0. The molecule has 1 atom stereocenters. The highest BCUT2D eigenvalue weighted by atomic mass is 32.2. The number of unbranched alkanes of at least 4 members (excludes halogenated alkanes) is 13. The van der Waals surface area contributed by atoms with E-state index in [-0.39, 0.29) is 0 Å². The van der Waals surface area contributed by atoms with E-state index in [0.29, 0.717) is 4.75 Å². The smallest absolute Gasteiger partial charge is 0.0131 e. The molecule has 0 nitrogen and oxygen atoms in total. The first-order valence-corrected chi connectivity index (χ1v) is 12.8. The standard InChI is InChI=1S/C24H50S/c1-5-8-11-14-16-19-22-24(4,21-18-13-10-7-3)25-23-20-17-15-12-9-6-2/h5-23H2,1-4H3. The van der Waals surface area contributed by atoms with Gasteiger partial charge in [-0.3, -0.25) is 0 Å². The van der Waals surface area contributed by atoms with E-state index in [0.717, 1.165) is 0 Å². The van der Waals surface area contributed by atoms with Crippen LogP contribution in [0.5, 0.6) is 0 Å². The van der Waals surface area contributed by atoms with Crippen molar-refractivity contribution in [1.29, 1.82) is 0 Å². The molecule has 0 saturated carbocycles. The third-order valence-corrected chi connectivity index (χ3v) is 7.16. The van der Waals surface area contributed by atoms with E-state index < -0.39 is 0 Å². The lowest BCUT2D eigenvalue weighted by molar-refractivity contribution is 0.469. The van der Waals surface area contributed by atoms with Crippen molar-refractivity contribution in [2.75, 3.05) is 5.75 Å². The maximum absolute atomic E-state index is 2.58. The predicted molar refractivity (Wildman–Crippen MR) is 121 cm³/mol. The quantitative estimate of drug-likeness (QED) is 0.192. The molecular weight excluding hydrogens is 320 g/mol. The summed E-state index contributed by atoms with van der Waals surface area (Å²) in [6.07, 6.45) is 25.8. The Kier molecular flexibility index (Phi) is 19.4. The van der Waals surface area contributed by atoms with E-state index in [4.69, 9.17) is 0 Å². The Morgan fingerprint density at radius 1 is 0.480 bits per heavy atom. The van der Waals surface area contributed by atoms with E-state index in [1.54, 1.807) is 0 Å². The first-order valence-electron chi connectivity index (χ1n) is 11.8. The zero-order chi connectivity index (χ0) is 18.6. The molecule has 0 radical (unpaired) electrons. The fraction of sp³-hybridized carbons (Fsp3) is 1.00. The van der Waals surface area contributed by atoms with Crippen LogP contribution in [0, 0.1) is 0 Å². The maximum atomic E-state index is 2.58. The summed E-state index contributed by atoms with van der Waals surface area (Å²) in [4.78, 5) is 0.